The van der Waals surface area contributed by atoms with Crippen LogP contribution in [0.4, 0.5) is 0 Å². The molecule has 0 aromatic heterocycles. The van der Waals surface area contributed by atoms with Gasteiger partial charge in [-0.3, -0.25) is 0 Å². The van der Waals surface area contributed by atoms with Gasteiger partial charge in [-0.25, -0.2) is 8.37 Å². The smallest absolute Gasteiger partial charge is 0.248 e. The Morgan fingerprint density at radius 1 is 0.773 bits per heavy atom. The topological polar surface area (TPSA) is 52.6 Å². The van der Waals surface area contributed by atoms with Crippen LogP contribution < -0.4 is 0 Å². The van der Waals surface area contributed by atoms with Crippen LogP contribution in [0, 0.1) is 5.92 Å². The van der Waals surface area contributed by atoms with E-state index >= 15 is 0 Å². The average Bonchev–Trinajstić information content (AvgIpc) is 2.50. The van der Waals surface area contributed by atoms with Gasteiger partial charge in [0.25, 0.3) is 0 Å². The van der Waals surface area contributed by atoms with E-state index in [-0.39, 0.29) is 19.1 Å². The van der Waals surface area contributed by atoms with Gasteiger partial charge in [0.05, 0.1) is 13.2 Å². The van der Waals surface area contributed by atoms with Crippen molar-refractivity contribution in [2.45, 2.75) is 91.4 Å². The summed E-state index contributed by atoms with van der Waals surface area (Å²) in [7, 11) is -3.80. The van der Waals surface area contributed by atoms with Gasteiger partial charge in [0, 0.05) is 0 Å². The first kappa shape index (κ1) is 21.9. The number of rotatable bonds is 16. The van der Waals surface area contributed by atoms with Crippen molar-refractivity contribution in [3.8, 4) is 0 Å². The van der Waals surface area contributed by atoms with E-state index in [9.17, 15) is 8.42 Å². The Morgan fingerprint density at radius 2 is 1.27 bits per heavy atom. The summed E-state index contributed by atoms with van der Waals surface area (Å²) >= 11 is 0. The molecule has 0 aromatic rings. The first-order valence-electron chi connectivity index (χ1n) is 9.05. The zero-order chi connectivity index (χ0) is 16.7. The molecule has 134 valence electrons. The molecule has 0 rings (SSSR count). The maximum absolute atomic E-state index is 11.5. The highest BCUT2D eigenvalue weighted by Crippen LogP contribution is 2.11. The second kappa shape index (κ2) is 14.5. The summed E-state index contributed by atoms with van der Waals surface area (Å²) in [5.74, 6) is 0.232. The molecule has 0 aliphatic rings. The van der Waals surface area contributed by atoms with Crippen molar-refractivity contribution >= 4 is 10.4 Å². The molecule has 0 aliphatic heterocycles. The van der Waals surface area contributed by atoms with E-state index in [1.165, 1.54) is 44.9 Å². The van der Waals surface area contributed by atoms with Crippen molar-refractivity contribution in [1.82, 2.24) is 0 Å². The Labute approximate surface area is 138 Å². The van der Waals surface area contributed by atoms with Gasteiger partial charge in [-0.1, -0.05) is 85.0 Å². The Morgan fingerprint density at radius 3 is 1.77 bits per heavy atom. The molecule has 22 heavy (non-hydrogen) atoms. The summed E-state index contributed by atoms with van der Waals surface area (Å²) in [6, 6.07) is 0. The van der Waals surface area contributed by atoms with E-state index in [1.807, 2.05) is 13.8 Å². The molecule has 0 bridgehead atoms. The number of unbranched alkanes of at least 4 members (excludes halogenated alkanes) is 9. The molecule has 0 amide bonds. The van der Waals surface area contributed by atoms with E-state index in [0.29, 0.717) is 0 Å². The van der Waals surface area contributed by atoms with Crippen LogP contribution in [0.5, 0.6) is 0 Å². The van der Waals surface area contributed by atoms with E-state index in [2.05, 4.69) is 6.92 Å². The SMILES string of the molecule is CCCCCCCCCCCCOS(=O)(=O)OCC(C)CC. The normalized spacial score (nSPS) is 13.4. The third-order valence-corrected chi connectivity index (χ3v) is 4.80. The van der Waals surface area contributed by atoms with Crippen LogP contribution in [0.3, 0.4) is 0 Å². The zero-order valence-corrected chi connectivity index (χ0v) is 15.6. The van der Waals surface area contributed by atoms with Crippen molar-refractivity contribution in [2.24, 2.45) is 5.92 Å². The van der Waals surface area contributed by atoms with Crippen LogP contribution in [-0.2, 0) is 18.8 Å². The van der Waals surface area contributed by atoms with Gasteiger partial charge >= 0.3 is 10.4 Å². The van der Waals surface area contributed by atoms with Gasteiger partial charge in [0.1, 0.15) is 0 Å². The number of hydrogen-bond acceptors (Lipinski definition) is 4. The lowest BCUT2D eigenvalue weighted by Crippen LogP contribution is -2.15. The first-order chi connectivity index (χ1) is 10.5. The molecule has 0 aliphatic carbocycles. The Kier molecular flexibility index (Phi) is 14.4. The largest absolute Gasteiger partial charge is 0.399 e. The minimum Gasteiger partial charge on any atom is -0.248 e. The standard InChI is InChI=1S/C17H36O4S/c1-4-6-7-8-9-10-11-12-13-14-15-20-22(18,19)21-16-17(3)5-2/h17H,4-16H2,1-3H3. The molecule has 0 aromatic carbocycles. The lowest BCUT2D eigenvalue weighted by Gasteiger charge is -2.09. The maximum atomic E-state index is 11.5. The molecule has 0 spiro atoms. The molecule has 0 saturated carbocycles. The monoisotopic (exact) mass is 336 g/mol. The molecule has 0 saturated heterocycles. The van der Waals surface area contributed by atoms with Gasteiger partial charge in [0.15, 0.2) is 0 Å². The quantitative estimate of drug-likeness (QED) is 0.362. The summed E-state index contributed by atoms with van der Waals surface area (Å²) in [6.07, 6.45) is 13.1. The fourth-order valence-electron chi connectivity index (χ4n) is 2.10. The lowest BCUT2D eigenvalue weighted by molar-refractivity contribution is 0.189. The summed E-state index contributed by atoms with van der Waals surface area (Å²) in [4.78, 5) is 0. The fraction of sp³-hybridized carbons (Fsp3) is 1.00. The van der Waals surface area contributed by atoms with Gasteiger partial charge in [-0.15, -0.1) is 0 Å². The Hall–Kier alpha value is -0.130. The summed E-state index contributed by atoms with van der Waals surface area (Å²) in [5.41, 5.74) is 0. The van der Waals surface area contributed by atoms with E-state index in [4.69, 9.17) is 8.37 Å². The van der Waals surface area contributed by atoms with E-state index in [0.717, 1.165) is 25.7 Å². The molecule has 4 nitrogen and oxygen atoms in total. The predicted molar refractivity (Wildman–Crippen MR) is 92.1 cm³/mol. The predicted octanol–water partition coefficient (Wildman–Crippen LogP) is 5.23. The first-order valence-corrected chi connectivity index (χ1v) is 10.4. The molecule has 0 fully saturated rings. The van der Waals surface area contributed by atoms with Crippen molar-refractivity contribution < 1.29 is 16.8 Å². The maximum Gasteiger partial charge on any atom is 0.399 e. The molecular formula is C17H36O4S. The Balaban J connectivity index is 3.38. The molecule has 1 atom stereocenters. The van der Waals surface area contributed by atoms with Crippen LogP contribution in [0.1, 0.15) is 91.4 Å². The van der Waals surface area contributed by atoms with Crippen LogP contribution in [0.25, 0.3) is 0 Å². The van der Waals surface area contributed by atoms with E-state index < -0.39 is 10.4 Å². The minimum atomic E-state index is -3.80. The molecular weight excluding hydrogens is 300 g/mol. The molecule has 1 unspecified atom stereocenters. The Bertz CT molecular complexity index is 328. The second-order valence-corrected chi connectivity index (χ2v) is 7.50. The van der Waals surface area contributed by atoms with E-state index in [1.54, 1.807) is 0 Å². The summed E-state index contributed by atoms with van der Waals surface area (Å²) in [6.45, 7) is 6.64. The van der Waals surface area contributed by atoms with Crippen LogP contribution in [0.15, 0.2) is 0 Å². The molecule has 0 N–H and O–H groups in total. The summed E-state index contributed by atoms with van der Waals surface area (Å²) < 4.78 is 32.6. The van der Waals surface area contributed by atoms with Crippen LogP contribution >= 0.6 is 0 Å². The molecule has 5 heteroatoms. The highest BCUT2D eigenvalue weighted by atomic mass is 32.3. The molecule has 0 radical (unpaired) electrons. The van der Waals surface area contributed by atoms with Crippen LogP contribution in [-0.4, -0.2) is 21.6 Å². The van der Waals surface area contributed by atoms with Gasteiger partial charge in [-0.05, 0) is 12.3 Å². The minimum absolute atomic E-state index is 0.205. The van der Waals surface area contributed by atoms with Crippen LogP contribution in [0.2, 0.25) is 0 Å². The second-order valence-electron chi connectivity index (χ2n) is 6.21. The van der Waals surface area contributed by atoms with Gasteiger partial charge in [0.2, 0.25) is 0 Å². The molecule has 0 heterocycles. The average molecular weight is 337 g/mol. The van der Waals surface area contributed by atoms with Crippen molar-refractivity contribution in [2.75, 3.05) is 13.2 Å². The number of hydrogen-bond donors (Lipinski definition) is 0. The van der Waals surface area contributed by atoms with Crippen molar-refractivity contribution in [1.29, 1.82) is 0 Å². The summed E-state index contributed by atoms with van der Waals surface area (Å²) in [5, 5.41) is 0. The fourth-order valence-corrected chi connectivity index (χ4v) is 2.89. The van der Waals surface area contributed by atoms with Gasteiger partial charge < -0.3 is 0 Å². The third kappa shape index (κ3) is 14.8. The van der Waals surface area contributed by atoms with Crippen molar-refractivity contribution in [3.63, 3.8) is 0 Å². The zero-order valence-electron chi connectivity index (χ0n) is 14.8. The van der Waals surface area contributed by atoms with Gasteiger partial charge in [-0.2, -0.15) is 8.42 Å². The highest BCUT2D eigenvalue weighted by molar-refractivity contribution is 7.81. The third-order valence-electron chi connectivity index (χ3n) is 3.92. The van der Waals surface area contributed by atoms with Crippen molar-refractivity contribution in [3.05, 3.63) is 0 Å². The lowest BCUT2D eigenvalue weighted by atomic mass is 10.1. The highest BCUT2D eigenvalue weighted by Gasteiger charge is 2.13.